The van der Waals surface area contributed by atoms with Gasteiger partial charge < -0.3 is 25.8 Å². The SMILES string of the molecule is Cn1cc(Nc2ncc(Cl)c(N[C@@H]3COC4C3OC[C@H]4N)n2)cn1. The van der Waals surface area contributed by atoms with E-state index in [1.807, 2.05) is 13.2 Å². The minimum atomic E-state index is -0.0965. The van der Waals surface area contributed by atoms with Gasteiger partial charge in [-0.15, -0.1) is 0 Å². The summed E-state index contributed by atoms with van der Waals surface area (Å²) < 4.78 is 13.1. The number of ether oxygens (including phenoxy) is 2. The first-order valence-corrected chi connectivity index (χ1v) is 8.01. The van der Waals surface area contributed by atoms with Gasteiger partial charge in [-0.2, -0.15) is 10.1 Å². The summed E-state index contributed by atoms with van der Waals surface area (Å²) in [6, 6.07) is -0.146. The van der Waals surface area contributed by atoms with Gasteiger partial charge in [0.2, 0.25) is 5.95 Å². The molecule has 0 spiro atoms. The molecule has 0 aromatic carbocycles. The van der Waals surface area contributed by atoms with Gasteiger partial charge in [0.05, 0.1) is 43.4 Å². The van der Waals surface area contributed by atoms with Crippen LogP contribution in [0.5, 0.6) is 0 Å². The Bertz CT molecular complexity index is 740. The summed E-state index contributed by atoms with van der Waals surface area (Å²) in [6.07, 6.45) is 4.88. The number of nitrogens with two attached hydrogens (primary N) is 1. The van der Waals surface area contributed by atoms with E-state index in [-0.39, 0.29) is 24.3 Å². The zero-order valence-electron chi connectivity index (χ0n) is 13.0. The van der Waals surface area contributed by atoms with Crippen molar-refractivity contribution in [3.05, 3.63) is 23.6 Å². The van der Waals surface area contributed by atoms with E-state index in [0.29, 0.717) is 30.0 Å². The van der Waals surface area contributed by atoms with Crippen LogP contribution in [-0.4, -0.2) is 57.3 Å². The van der Waals surface area contributed by atoms with E-state index in [1.165, 1.54) is 0 Å². The molecule has 2 aliphatic heterocycles. The molecule has 0 bridgehead atoms. The van der Waals surface area contributed by atoms with Crippen LogP contribution < -0.4 is 16.4 Å². The maximum atomic E-state index is 6.22. The van der Waals surface area contributed by atoms with Gasteiger partial charge in [0.1, 0.15) is 17.2 Å². The number of anilines is 3. The summed E-state index contributed by atoms with van der Waals surface area (Å²) in [5, 5.41) is 10.9. The number of aromatic nitrogens is 4. The highest BCUT2D eigenvalue weighted by atomic mass is 35.5. The number of halogens is 1. The Kier molecular flexibility index (Phi) is 4.01. The first-order chi connectivity index (χ1) is 11.6. The van der Waals surface area contributed by atoms with Crippen molar-refractivity contribution in [3.63, 3.8) is 0 Å². The van der Waals surface area contributed by atoms with Crippen molar-refractivity contribution in [2.24, 2.45) is 12.8 Å². The molecule has 2 aliphatic rings. The Morgan fingerprint density at radius 1 is 1.29 bits per heavy atom. The molecule has 24 heavy (non-hydrogen) atoms. The van der Waals surface area contributed by atoms with Gasteiger partial charge in [0, 0.05) is 13.2 Å². The fraction of sp³-hybridized carbons (Fsp3) is 0.500. The second-order valence-corrected chi connectivity index (χ2v) is 6.34. The molecule has 0 amide bonds. The van der Waals surface area contributed by atoms with E-state index in [0.717, 1.165) is 5.69 Å². The van der Waals surface area contributed by atoms with Gasteiger partial charge in [0.15, 0.2) is 5.82 Å². The third-order valence-electron chi connectivity index (χ3n) is 4.12. The summed E-state index contributed by atoms with van der Waals surface area (Å²) in [5.74, 6) is 0.950. The number of hydrogen-bond donors (Lipinski definition) is 3. The third kappa shape index (κ3) is 2.91. The van der Waals surface area contributed by atoms with Crippen LogP contribution in [0, 0.1) is 0 Å². The predicted molar refractivity (Wildman–Crippen MR) is 88.4 cm³/mol. The van der Waals surface area contributed by atoms with Crippen LogP contribution in [0.4, 0.5) is 17.5 Å². The molecule has 4 atom stereocenters. The Labute approximate surface area is 143 Å². The van der Waals surface area contributed by atoms with Crippen LogP contribution in [0.15, 0.2) is 18.6 Å². The zero-order valence-corrected chi connectivity index (χ0v) is 13.8. The monoisotopic (exact) mass is 351 g/mol. The Hall–Kier alpha value is -1.94. The largest absolute Gasteiger partial charge is 0.371 e. The molecule has 4 N–H and O–H groups in total. The fourth-order valence-electron chi connectivity index (χ4n) is 2.97. The summed E-state index contributed by atoms with van der Waals surface area (Å²) >= 11 is 6.22. The van der Waals surface area contributed by atoms with Crippen LogP contribution in [0.25, 0.3) is 0 Å². The number of nitrogens with one attached hydrogen (secondary N) is 2. The number of aryl methyl sites for hydroxylation is 1. The van der Waals surface area contributed by atoms with Crippen LogP contribution in [0.3, 0.4) is 0 Å². The number of hydrogen-bond acceptors (Lipinski definition) is 8. The van der Waals surface area contributed by atoms with Crippen LogP contribution in [0.2, 0.25) is 5.02 Å². The second-order valence-electron chi connectivity index (χ2n) is 5.93. The standard InChI is InChI=1S/C14H18ClN7O2/c1-22-4-7(2-18-22)19-14-17-3-8(15)13(21-14)20-10-6-24-11-9(16)5-23-12(10)11/h2-4,9-12H,5-6,16H2,1H3,(H2,17,19,20,21)/t9-,10-,11?,12?/m1/s1. The molecule has 0 saturated carbocycles. The van der Waals surface area contributed by atoms with Crippen molar-refractivity contribution < 1.29 is 9.47 Å². The molecular formula is C14H18ClN7O2. The quantitative estimate of drug-likeness (QED) is 0.730. The summed E-state index contributed by atoms with van der Waals surface area (Å²) in [5.41, 5.74) is 6.76. The third-order valence-corrected chi connectivity index (χ3v) is 4.40. The van der Waals surface area contributed by atoms with Gasteiger partial charge in [-0.1, -0.05) is 11.6 Å². The number of nitrogens with zero attached hydrogens (tertiary/aromatic N) is 4. The first kappa shape index (κ1) is 15.6. The molecular weight excluding hydrogens is 334 g/mol. The number of fused-ring (bicyclic) bond motifs is 1. The Morgan fingerprint density at radius 3 is 2.92 bits per heavy atom. The molecule has 0 aliphatic carbocycles. The van der Waals surface area contributed by atoms with Gasteiger partial charge >= 0.3 is 0 Å². The van der Waals surface area contributed by atoms with E-state index in [4.69, 9.17) is 26.8 Å². The molecule has 0 radical (unpaired) electrons. The van der Waals surface area contributed by atoms with Gasteiger partial charge in [0.25, 0.3) is 0 Å². The lowest BCUT2D eigenvalue weighted by Gasteiger charge is -2.19. The van der Waals surface area contributed by atoms with Crippen LogP contribution in [0.1, 0.15) is 0 Å². The zero-order chi connectivity index (χ0) is 16.7. The molecule has 2 aromatic heterocycles. The van der Waals surface area contributed by atoms with Crippen molar-refractivity contribution in [3.8, 4) is 0 Å². The molecule has 2 aromatic rings. The van der Waals surface area contributed by atoms with Crippen LogP contribution >= 0.6 is 11.6 Å². The molecule has 4 heterocycles. The topological polar surface area (TPSA) is 112 Å². The summed E-state index contributed by atoms with van der Waals surface area (Å²) in [7, 11) is 1.84. The van der Waals surface area contributed by atoms with Crippen molar-refractivity contribution in [1.29, 1.82) is 0 Å². The van der Waals surface area contributed by atoms with Gasteiger partial charge in [-0.25, -0.2) is 4.98 Å². The van der Waals surface area contributed by atoms with Gasteiger partial charge in [-0.3, -0.25) is 4.68 Å². The smallest absolute Gasteiger partial charge is 0.229 e. The summed E-state index contributed by atoms with van der Waals surface area (Å²) in [6.45, 7) is 0.994. The van der Waals surface area contributed by atoms with E-state index < -0.39 is 0 Å². The Balaban J connectivity index is 1.49. The lowest BCUT2D eigenvalue weighted by molar-refractivity contribution is 0.0698. The van der Waals surface area contributed by atoms with E-state index in [9.17, 15) is 0 Å². The highest BCUT2D eigenvalue weighted by Crippen LogP contribution is 2.30. The molecule has 4 rings (SSSR count). The van der Waals surface area contributed by atoms with E-state index in [2.05, 4.69) is 25.7 Å². The summed E-state index contributed by atoms with van der Waals surface area (Å²) in [4.78, 5) is 8.61. The maximum Gasteiger partial charge on any atom is 0.229 e. The predicted octanol–water partition coefficient (Wildman–Crippen LogP) is 0.512. The first-order valence-electron chi connectivity index (χ1n) is 7.63. The minimum absolute atomic E-state index is 0.0535. The fourth-order valence-corrected chi connectivity index (χ4v) is 3.12. The number of rotatable bonds is 4. The second kappa shape index (κ2) is 6.17. The Morgan fingerprint density at radius 2 is 2.12 bits per heavy atom. The van der Waals surface area contributed by atoms with E-state index >= 15 is 0 Å². The molecule has 2 unspecified atom stereocenters. The van der Waals surface area contributed by atoms with Crippen molar-refractivity contribution in [2.45, 2.75) is 24.3 Å². The lowest BCUT2D eigenvalue weighted by Crippen LogP contribution is -2.38. The molecule has 9 nitrogen and oxygen atoms in total. The van der Waals surface area contributed by atoms with Crippen molar-refractivity contribution >= 4 is 29.1 Å². The normalized spacial score (nSPS) is 28.8. The van der Waals surface area contributed by atoms with Gasteiger partial charge in [-0.05, 0) is 0 Å². The average molecular weight is 352 g/mol. The average Bonchev–Trinajstić information content (AvgIpc) is 3.23. The van der Waals surface area contributed by atoms with E-state index in [1.54, 1.807) is 17.1 Å². The highest BCUT2D eigenvalue weighted by Gasteiger charge is 2.46. The molecule has 128 valence electrons. The maximum absolute atomic E-state index is 6.22. The van der Waals surface area contributed by atoms with Crippen molar-refractivity contribution in [1.82, 2.24) is 19.7 Å². The van der Waals surface area contributed by atoms with Crippen molar-refractivity contribution in [2.75, 3.05) is 23.8 Å². The minimum Gasteiger partial charge on any atom is -0.371 e. The molecule has 2 saturated heterocycles. The molecule has 2 fully saturated rings. The van der Waals surface area contributed by atoms with Crippen LogP contribution in [-0.2, 0) is 16.5 Å². The lowest BCUT2D eigenvalue weighted by atomic mass is 10.1. The molecule has 10 heteroatoms. The highest BCUT2D eigenvalue weighted by molar-refractivity contribution is 6.32.